The third kappa shape index (κ3) is 15.3. The van der Waals surface area contributed by atoms with E-state index >= 15 is 0 Å². The fourth-order valence-corrected chi connectivity index (χ4v) is 12.1. The van der Waals surface area contributed by atoms with Crippen LogP contribution in [-0.4, -0.2) is 137 Å². The normalized spacial score (nSPS) is 17.3. The molecule has 1 atom stereocenters. The number of allylic oxidation sites excluding steroid dienone is 1. The summed E-state index contributed by atoms with van der Waals surface area (Å²) in [6, 6.07) is 25.2. The van der Waals surface area contributed by atoms with E-state index < -0.39 is 69.3 Å². The monoisotopic (exact) mass is 1130 g/mol. The van der Waals surface area contributed by atoms with Crippen LogP contribution in [-0.2, 0) is 24.6 Å². The number of carbonyl (C=O) groups excluding carboxylic acids is 2. The number of rotatable bonds is 17. The molecule has 0 spiro atoms. The van der Waals surface area contributed by atoms with Gasteiger partial charge in [0.2, 0.25) is 3.79 Å². The molecular formula is C49H55Cl4F3N6O7S3. The summed E-state index contributed by atoms with van der Waals surface area (Å²) in [5, 5.41) is 3.67. The summed E-state index contributed by atoms with van der Waals surface area (Å²) in [7, 11) is -11.0. The number of halogens is 7. The molecule has 3 aliphatic rings. The molecule has 7 rings (SSSR count). The number of nitrogens with one attached hydrogen (secondary N) is 2. The topological polar surface area (TPSA) is 149 Å². The second kappa shape index (κ2) is 24.6. The van der Waals surface area contributed by atoms with Crippen molar-refractivity contribution in [3.8, 4) is 0 Å². The minimum atomic E-state index is -6.14. The van der Waals surface area contributed by atoms with Crippen molar-refractivity contribution in [2.24, 2.45) is 0 Å². The van der Waals surface area contributed by atoms with E-state index in [0.29, 0.717) is 37.1 Å². The molecule has 2 saturated heterocycles. The molecule has 0 unspecified atom stereocenters. The van der Waals surface area contributed by atoms with Crippen molar-refractivity contribution in [2.45, 2.75) is 68.6 Å². The molecule has 2 N–H and O–H groups in total. The molecule has 4 aromatic rings. The van der Waals surface area contributed by atoms with Crippen LogP contribution in [0.25, 0.3) is 5.57 Å². The quantitative estimate of drug-likeness (QED) is 0.0766. The van der Waals surface area contributed by atoms with Gasteiger partial charge in [0.15, 0.2) is 0 Å². The number of nitrogens with zero attached hydrogens (tertiary/aromatic N) is 4. The van der Waals surface area contributed by atoms with Gasteiger partial charge in [0.25, 0.3) is 25.8 Å². The van der Waals surface area contributed by atoms with Crippen LogP contribution >= 0.6 is 58.2 Å². The lowest BCUT2D eigenvalue weighted by Gasteiger charge is -2.37. The number of hydrogen-bond acceptors (Lipinski definition) is 12. The Labute approximate surface area is 443 Å². The molecule has 0 aromatic heterocycles. The molecule has 1 aliphatic carbocycles. The number of amides is 2. The molecule has 2 amide bonds. The number of ether oxygens (including phenoxy) is 1. The highest BCUT2D eigenvalue weighted by atomic mass is 35.6. The summed E-state index contributed by atoms with van der Waals surface area (Å²) >= 11 is 24.7. The van der Waals surface area contributed by atoms with Gasteiger partial charge in [-0.3, -0.25) is 14.6 Å². The molecule has 0 radical (unpaired) electrons. The molecule has 0 saturated carbocycles. The first-order chi connectivity index (χ1) is 34.1. The van der Waals surface area contributed by atoms with Crippen molar-refractivity contribution in [3.63, 3.8) is 0 Å². The zero-order valence-electron chi connectivity index (χ0n) is 39.1. The summed E-state index contributed by atoms with van der Waals surface area (Å²) in [4.78, 5) is 32.7. The van der Waals surface area contributed by atoms with Crippen molar-refractivity contribution >= 4 is 107 Å². The van der Waals surface area contributed by atoms with Gasteiger partial charge in [-0.05, 0) is 110 Å². The van der Waals surface area contributed by atoms with E-state index in [1.54, 1.807) is 12.1 Å². The summed E-state index contributed by atoms with van der Waals surface area (Å²) in [6.45, 7) is 5.32. The van der Waals surface area contributed by atoms with E-state index in [2.05, 4.69) is 27.2 Å². The standard InChI is InChI=1S/C49H55Cl4F3N6O7S3/c50-38-15-11-35(12-16-38)43-10-6-1-3-7-37(43)32-60-25-27-61(28-26-60)40-17-13-36(14-18-40)46(63)58-72(67,68)42-19-20-44(45(31-42)71(65,66)49(54,55)56)57-39(33-70-41-8-4-2-5-9-41)21-22-59-23-29-62(30-24-59)47(64)69-34-48(51,52)53/h2,4-5,8-9,11-20,31,39,57H,1,3,6-7,10,21-30,32-34H2,(H,58,63)/t39-/m1/s1. The Balaban J connectivity index is 1.00. The maximum atomic E-state index is 14.3. The molecule has 2 fully saturated rings. The first-order valence-corrected chi connectivity index (χ1v) is 28.8. The van der Waals surface area contributed by atoms with Crippen molar-refractivity contribution < 1.29 is 44.3 Å². The zero-order valence-corrected chi connectivity index (χ0v) is 44.5. The van der Waals surface area contributed by atoms with Crippen molar-refractivity contribution in [2.75, 3.05) is 88.0 Å². The molecule has 13 nitrogen and oxygen atoms in total. The second-order valence-electron chi connectivity index (χ2n) is 17.8. The van der Waals surface area contributed by atoms with Gasteiger partial charge in [-0.25, -0.2) is 26.4 Å². The molecule has 72 heavy (non-hydrogen) atoms. The fraction of sp³-hybridized carbons (Fsp3) is 0.429. The van der Waals surface area contributed by atoms with Gasteiger partial charge in [-0.2, -0.15) is 13.2 Å². The van der Waals surface area contributed by atoms with E-state index in [1.807, 2.05) is 52.1 Å². The predicted molar refractivity (Wildman–Crippen MR) is 280 cm³/mol. The lowest BCUT2D eigenvalue weighted by atomic mass is 9.95. The van der Waals surface area contributed by atoms with Gasteiger partial charge in [0.1, 0.15) is 11.5 Å². The summed E-state index contributed by atoms with van der Waals surface area (Å²) < 4.78 is 102. The van der Waals surface area contributed by atoms with E-state index in [1.165, 1.54) is 51.9 Å². The maximum Gasteiger partial charge on any atom is 0.501 e. The Kier molecular flexibility index (Phi) is 19.1. The van der Waals surface area contributed by atoms with Crippen LogP contribution in [0.15, 0.2) is 117 Å². The summed E-state index contributed by atoms with van der Waals surface area (Å²) in [5.41, 5.74) is -1.39. The summed E-state index contributed by atoms with van der Waals surface area (Å²) in [5.74, 6) is -0.782. The van der Waals surface area contributed by atoms with Gasteiger partial charge >= 0.3 is 11.6 Å². The van der Waals surface area contributed by atoms with Crippen molar-refractivity contribution in [1.82, 2.24) is 19.4 Å². The number of alkyl halides is 6. The molecule has 2 heterocycles. The smallest absolute Gasteiger partial charge is 0.445 e. The number of carbonyl (C=O) groups is 2. The molecule has 4 aromatic carbocycles. The van der Waals surface area contributed by atoms with Gasteiger partial charge in [0, 0.05) is 98.4 Å². The molecular weight excluding hydrogens is 1080 g/mol. The van der Waals surface area contributed by atoms with E-state index in [4.69, 9.17) is 51.1 Å². The highest BCUT2D eigenvalue weighted by Gasteiger charge is 2.48. The van der Waals surface area contributed by atoms with Crippen LogP contribution in [0.3, 0.4) is 0 Å². The number of hydrogen-bond donors (Lipinski definition) is 2. The lowest BCUT2D eigenvalue weighted by Crippen LogP contribution is -2.49. The largest absolute Gasteiger partial charge is 0.501 e. The highest BCUT2D eigenvalue weighted by Crippen LogP contribution is 2.37. The molecule has 390 valence electrons. The Bertz CT molecular complexity index is 2760. The van der Waals surface area contributed by atoms with Gasteiger partial charge < -0.3 is 19.9 Å². The van der Waals surface area contributed by atoms with Crippen LogP contribution in [0.1, 0.15) is 54.4 Å². The maximum absolute atomic E-state index is 14.3. The van der Waals surface area contributed by atoms with E-state index in [0.717, 1.165) is 81.1 Å². The number of sulfone groups is 1. The number of anilines is 2. The average Bonchev–Trinajstić information content (AvgIpc) is 3.59. The molecule has 2 aliphatic heterocycles. The highest BCUT2D eigenvalue weighted by molar-refractivity contribution is 7.99. The summed E-state index contributed by atoms with van der Waals surface area (Å²) in [6.07, 6.45) is 5.25. The zero-order chi connectivity index (χ0) is 51.7. The lowest BCUT2D eigenvalue weighted by molar-refractivity contribution is -0.0436. The van der Waals surface area contributed by atoms with Crippen LogP contribution in [0.5, 0.6) is 0 Å². The minimum Gasteiger partial charge on any atom is -0.445 e. The van der Waals surface area contributed by atoms with Gasteiger partial charge in [0.05, 0.1) is 10.6 Å². The fourth-order valence-electron chi connectivity index (χ4n) is 8.81. The van der Waals surface area contributed by atoms with Crippen LogP contribution < -0.4 is 14.9 Å². The number of piperazine rings is 2. The molecule has 0 bridgehead atoms. The number of thioether (sulfide) groups is 1. The predicted octanol–water partition coefficient (Wildman–Crippen LogP) is 10.4. The van der Waals surface area contributed by atoms with Crippen LogP contribution in [0, 0.1) is 0 Å². The second-order valence-corrected chi connectivity index (χ2v) is 25.4. The van der Waals surface area contributed by atoms with E-state index in [-0.39, 0.29) is 24.4 Å². The Morgan fingerprint density at radius 3 is 2.07 bits per heavy atom. The Hall–Kier alpha value is -3.92. The SMILES string of the molecule is O=C(NS(=O)(=O)c1ccc(N[C@H](CCN2CCN(C(=O)OCC(Cl)(Cl)Cl)CC2)CSc2ccccc2)c(S(=O)(=O)C(F)(F)F)c1)c1ccc(N2CCN(CC3=C(c4ccc(Cl)cc4)CCCCC3)CC2)cc1. The number of sulfonamides is 1. The Morgan fingerprint density at radius 2 is 1.42 bits per heavy atom. The third-order valence-electron chi connectivity index (χ3n) is 12.7. The first kappa shape index (κ1) is 55.8. The van der Waals surface area contributed by atoms with E-state index in [9.17, 15) is 39.6 Å². The van der Waals surface area contributed by atoms with Crippen molar-refractivity contribution in [1.29, 1.82) is 0 Å². The minimum absolute atomic E-state index is 0.0301. The average molecular weight is 1140 g/mol. The third-order valence-corrected chi connectivity index (χ3v) is 17.3. The van der Waals surface area contributed by atoms with Crippen molar-refractivity contribution in [3.05, 3.63) is 119 Å². The Morgan fingerprint density at radius 1 is 0.764 bits per heavy atom. The van der Waals surface area contributed by atoms with Gasteiger partial charge in [-0.15, -0.1) is 11.8 Å². The number of benzene rings is 4. The van der Waals surface area contributed by atoms with Crippen LogP contribution in [0.2, 0.25) is 5.02 Å². The van der Waals surface area contributed by atoms with Crippen LogP contribution in [0.4, 0.5) is 29.3 Å². The van der Waals surface area contributed by atoms with Gasteiger partial charge in [-0.1, -0.05) is 88.7 Å². The first-order valence-electron chi connectivity index (χ1n) is 23.4. The molecule has 23 heteroatoms.